The maximum Gasteiger partial charge on any atom is 0.389 e. The second kappa shape index (κ2) is 4.74. The minimum Gasteiger partial charge on any atom is -0.398 e. The lowest BCUT2D eigenvalue weighted by atomic mass is 10.3. The molecule has 0 aliphatic heterocycles. The Morgan fingerprint density at radius 1 is 1.27 bits per heavy atom. The van der Waals surface area contributed by atoms with Gasteiger partial charge in [0.1, 0.15) is 5.82 Å². The molecule has 1 nitrogen and oxygen atoms in total. The van der Waals surface area contributed by atoms with E-state index in [1.165, 1.54) is 12.1 Å². The Hall–Kier alpha value is -0.910. The van der Waals surface area contributed by atoms with Gasteiger partial charge in [-0.15, -0.1) is 11.8 Å². The summed E-state index contributed by atoms with van der Waals surface area (Å²) >= 11 is 0.971. The van der Waals surface area contributed by atoms with Crippen molar-refractivity contribution in [2.75, 3.05) is 11.5 Å². The first-order chi connectivity index (χ1) is 6.88. The molecule has 0 amide bonds. The summed E-state index contributed by atoms with van der Waals surface area (Å²) in [6, 6.07) is 3.65. The highest BCUT2D eigenvalue weighted by molar-refractivity contribution is 7.99. The van der Waals surface area contributed by atoms with Crippen molar-refractivity contribution in [1.29, 1.82) is 0 Å². The molecule has 0 heterocycles. The first-order valence-corrected chi connectivity index (χ1v) is 5.11. The van der Waals surface area contributed by atoms with Crippen LogP contribution in [-0.4, -0.2) is 11.9 Å². The zero-order valence-electron chi connectivity index (χ0n) is 7.64. The van der Waals surface area contributed by atoms with Gasteiger partial charge in [-0.2, -0.15) is 13.2 Å². The Kier molecular flexibility index (Phi) is 3.84. The van der Waals surface area contributed by atoms with E-state index in [0.717, 1.165) is 17.8 Å². The second-order valence-corrected chi connectivity index (χ2v) is 4.03. The van der Waals surface area contributed by atoms with Crippen LogP contribution in [0.25, 0.3) is 0 Å². The Morgan fingerprint density at radius 3 is 2.47 bits per heavy atom. The van der Waals surface area contributed by atoms with E-state index in [0.29, 0.717) is 4.90 Å². The molecule has 1 rings (SSSR count). The highest BCUT2D eigenvalue weighted by Gasteiger charge is 2.26. The predicted molar refractivity (Wildman–Crippen MR) is 52.2 cm³/mol. The third-order valence-corrected chi connectivity index (χ3v) is 2.71. The standard InChI is InChI=1S/C9H9F4NS/c10-6-1-2-8(7(14)5-6)15-4-3-9(11,12)13/h1-2,5H,3-4,14H2. The summed E-state index contributed by atoms with van der Waals surface area (Å²) in [6.45, 7) is 0. The highest BCUT2D eigenvalue weighted by Crippen LogP contribution is 2.29. The summed E-state index contributed by atoms with van der Waals surface area (Å²) < 4.78 is 48.0. The number of benzene rings is 1. The van der Waals surface area contributed by atoms with E-state index < -0.39 is 18.4 Å². The molecule has 0 fully saturated rings. The fraction of sp³-hybridized carbons (Fsp3) is 0.333. The average Bonchev–Trinajstić information content (AvgIpc) is 2.07. The molecular formula is C9H9F4NS. The minimum atomic E-state index is -4.16. The molecule has 0 saturated heterocycles. The molecule has 84 valence electrons. The molecule has 0 unspecified atom stereocenters. The monoisotopic (exact) mass is 239 g/mol. The van der Waals surface area contributed by atoms with Gasteiger partial charge in [0.25, 0.3) is 0 Å². The number of anilines is 1. The third kappa shape index (κ3) is 4.42. The first-order valence-electron chi connectivity index (χ1n) is 4.13. The Balaban J connectivity index is 2.51. The van der Waals surface area contributed by atoms with Gasteiger partial charge in [-0.1, -0.05) is 0 Å². The van der Waals surface area contributed by atoms with Crippen LogP contribution in [-0.2, 0) is 0 Å². The summed E-state index contributed by atoms with van der Waals surface area (Å²) in [5, 5.41) is 0. The van der Waals surface area contributed by atoms with E-state index >= 15 is 0 Å². The minimum absolute atomic E-state index is 0.112. The number of rotatable bonds is 3. The molecule has 0 spiro atoms. The molecule has 0 aliphatic rings. The van der Waals surface area contributed by atoms with Crippen molar-refractivity contribution in [3.05, 3.63) is 24.0 Å². The topological polar surface area (TPSA) is 26.0 Å². The molecule has 1 aromatic rings. The fourth-order valence-corrected chi connectivity index (χ4v) is 1.87. The number of thioether (sulfide) groups is 1. The van der Waals surface area contributed by atoms with Crippen LogP contribution in [0.1, 0.15) is 6.42 Å². The average molecular weight is 239 g/mol. The van der Waals surface area contributed by atoms with Crippen LogP contribution in [0.3, 0.4) is 0 Å². The SMILES string of the molecule is Nc1cc(F)ccc1SCCC(F)(F)F. The van der Waals surface area contributed by atoms with Crippen molar-refractivity contribution in [2.45, 2.75) is 17.5 Å². The molecule has 0 saturated carbocycles. The van der Waals surface area contributed by atoms with Gasteiger partial charge in [0.2, 0.25) is 0 Å². The molecule has 0 aromatic heterocycles. The van der Waals surface area contributed by atoms with Crippen LogP contribution in [0.5, 0.6) is 0 Å². The predicted octanol–water partition coefficient (Wildman–Crippen LogP) is 3.45. The number of nitrogens with two attached hydrogens (primary N) is 1. The summed E-state index contributed by atoms with van der Waals surface area (Å²) in [5.74, 6) is -0.605. The van der Waals surface area contributed by atoms with Crippen molar-refractivity contribution >= 4 is 17.4 Å². The molecule has 0 radical (unpaired) electrons. The highest BCUT2D eigenvalue weighted by atomic mass is 32.2. The van der Waals surface area contributed by atoms with Gasteiger partial charge in [0, 0.05) is 16.3 Å². The maximum atomic E-state index is 12.6. The van der Waals surface area contributed by atoms with Crippen LogP contribution in [0.4, 0.5) is 23.2 Å². The number of hydrogen-bond donors (Lipinski definition) is 1. The van der Waals surface area contributed by atoms with Crippen LogP contribution in [0.15, 0.2) is 23.1 Å². The molecule has 1 aromatic carbocycles. The van der Waals surface area contributed by atoms with E-state index in [1.54, 1.807) is 0 Å². The van der Waals surface area contributed by atoms with Crippen molar-refractivity contribution in [3.8, 4) is 0 Å². The van der Waals surface area contributed by atoms with Crippen LogP contribution < -0.4 is 5.73 Å². The third-order valence-electron chi connectivity index (χ3n) is 1.61. The van der Waals surface area contributed by atoms with Gasteiger partial charge < -0.3 is 5.73 Å². The maximum absolute atomic E-state index is 12.6. The van der Waals surface area contributed by atoms with E-state index in [9.17, 15) is 17.6 Å². The van der Waals surface area contributed by atoms with Crippen molar-refractivity contribution in [3.63, 3.8) is 0 Å². The van der Waals surface area contributed by atoms with Gasteiger partial charge >= 0.3 is 6.18 Å². The molecule has 0 atom stereocenters. The fourth-order valence-electron chi connectivity index (χ4n) is 0.927. The summed E-state index contributed by atoms with van der Waals surface area (Å²) in [4.78, 5) is 0.473. The van der Waals surface area contributed by atoms with Crippen LogP contribution >= 0.6 is 11.8 Å². The smallest absolute Gasteiger partial charge is 0.389 e. The Bertz CT molecular complexity index is 337. The summed E-state index contributed by atoms with van der Waals surface area (Å²) in [5.41, 5.74) is 5.60. The largest absolute Gasteiger partial charge is 0.398 e. The number of nitrogen functional groups attached to an aromatic ring is 1. The van der Waals surface area contributed by atoms with Gasteiger partial charge in [-0.3, -0.25) is 0 Å². The van der Waals surface area contributed by atoms with Gasteiger partial charge in [-0.25, -0.2) is 4.39 Å². The van der Waals surface area contributed by atoms with Gasteiger partial charge in [0.05, 0.1) is 6.42 Å². The zero-order chi connectivity index (χ0) is 11.5. The number of halogens is 4. The molecule has 0 bridgehead atoms. The molecule has 6 heteroatoms. The number of alkyl halides is 3. The zero-order valence-corrected chi connectivity index (χ0v) is 8.46. The Morgan fingerprint density at radius 2 is 1.93 bits per heavy atom. The first kappa shape index (κ1) is 12.2. The Labute approximate surface area is 88.7 Å². The normalized spacial score (nSPS) is 11.7. The van der Waals surface area contributed by atoms with E-state index in [-0.39, 0.29) is 11.4 Å². The van der Waals surface area contributed by atoms with Crippen molar-refractivity contribution < 1.29 is 17.6 Å². The summed E-state index contributed by atoms with van der Waals surface area (Å²) in [6.07, 6.45) is -5.05. The van der Waals surface area contributed by atoms with Crippen LogP contribution in [0.2, 0.25) is 0 Å². The second-order valence-electron chi connectivity index (χ2n) is 2.90. The van der Waals surface area contributed by atoms with Gasteiger partial charge in [-0.05, 0) is 18.2 Å². The molecule has 2 N–H and O–H groups in total. The lowest BCUT2D eigenvalue weighted by Crippen LogP contribution is -2.08. The lowest BCUT2D eigenvalue weighted by Gasteiger charge is -2.07. The van der Waals surface area contributed by atoms with Crippen molar-refractivity contribution in [1.82, 2.24) is 0 Å². The van der Waals surface area contributed by atoms with E-state index in [4.69, 9.17) is 5.73 Å². The quantitative estimate of drug-likeness (QED) is 0.496. The number of hydrogen-bond acceptors (Lipinski definition) is 2. The molecule has 0 aliphatic carbocycles. The molecule has 15 heavy (non-hydrogen) atoms. The van der Waals surface area contributed by atoms with Crippen molar-refractivity contribution in [2.24, 2.45) is 0 Å². The summed E-state index contributed by atoms with van der Waals surface area (Å²) in [7, 11) is 0. The lowest BCUT2D eigenvalue weighted by molar-refractivity contribution is -0.129. The molecular weight excluding hydrogens is 230 g/mol. The van der Waals surface area contributed by atoms with E-state index in [2.05, 4.69) is 0 Å². The van der Waals surface area contributed by atoms with E-state index in [1.807, 2.05) is 0 Å². The van der Waals surface area contributed by atoms with Crippen LogP contribution in [0, 0.1) is 5.82 Å². The van der Waals surface area contributed by atoms with Gasteiger partial charge in [0.15, 0.2) is 0 Å².